The predicted molar refractivity (Wildman–Crippen MR) is 117 cm³/mol. The molecular weight excluding hydrogens is 477 g/mol. The second kappa shape index (κ2) is 9.77. The maximum Gasteiger partial charge on any atom is 0.416 e. The van der Waals surface area contributed by atoms with Crippen molar-refractivity contribution < 1.29 is 40.6 Å². The Labute approximate surface area is 193 Å². The van der Waals surface area contributed by atoms with Gasteiger partial charge >= 0.3 is 6.18 Å². The van der Waals surface area contributed by atoms with Gasteiger partial charge in [0, 0.05) is 12.5 Å². The number of rotatable bonds is 7. The lowest BCUT2D eigenvalue weighted by atomic mass is 10.1. The first kappa shape index (κ1) is 25.1. The van der Waals surface area contributed by atoms with E-state index in [0.717, 1.165) is 12.1 Å². The van der Waals surface area contributed by atoms with Gasteiger partial charge in [0.05, 0.1) is 36.3 Å². The normalized spacial score (nSPS) is 15.9. The Morgan fingerprint density at radius 1 is 1.06 bits per heavy atom. The van der Waals surface area contributed by atoms with E-state index in [-0.39, 0.29) is 34.1 Å². The minimum Gasteiger partial charge on any atom is -0.497 e. The molecule has 12 heteroatoms. The maximum atomic E-state index is 13.3. The van der Waals surface area contributed by atoms with Gasteiger partial charge in [-0.15, -0.1) is 0 Å². The number of primary sulfonamides is 1. The van der Waals surface area contributed by atoms with Crippen molar-refractivity contribution in [3.8, 4) is 23.0 Å². The van der Waals surface area contributed by atoms with Gasteiger partial charge in [-0.1, -0.05) is 12.2 Å². The number of carbonyl (C=O) groups excluding carboxylic acids is 1. The number of hydrogen-bond donors (Lipinski definition) is 2. The van der Waals surface area contributed by atoms with Crippen LogP contribution in [0.5, 0.6) is 23.0 Å². The molecular formula is C22H21F3N2O6S. The third-order valence-electron chi connectivity index (χ3n) is 4.87. The third kappa shape index (κ3) is 5.88. The standard InChI is InChI=1S/C22H21F3N2O6S/c1-31-15-7-9-18(20(12-15)32-2)33-19-10-13(22(23,24)25)6-8-17(19)21(28)27-14-4-3-5-16(11-14)34(26,29)30/h3-10,12,14H,11H2,1-2H3,(H,27,28)(H2,26,29,30). The Morgan fingerprint density at radius 3 is 2.41 bits per heavy atom. The van der Waals surface area contributed by atoms with Crippen LogP contribution in [0, 0.1) is 0 Å². The first-order valence-corrected chi connectivity index (χ1v) is 11.3. The molecule has 0 saturated heterocycles. The lowest BCUT2D eigenvalue weighted by Gasteiger charge is -2.20. The molecule has 0 aliphatic heterocycles. The summed E-state index contributed by atoms with van der Waals surface area (Å²) in [6.07, 6.45) is -0.534. The molecule has 0 saturated carbocycles. The molecule has 1 unspecified atom stereocenters. The molecule has 1 aliphatic carbocycles. The molecule has 2 aromatic carbocycles. The first-order valence-electron chi connectivity index (χ1n) is 9.74. The number of nitrogens with one attached hydrogen (secondary N) is 1. The number of ether oxygens (including phenoxy) is 3. The van der Waals surface area contributed by atoms with Gasteiger partial charge in [-0.25, -0.2) is 13.6 Å². The molecule has 0 spiro atoms. The van der Waals surface area contributed by atoms with Crippen LogP contribution >= 0.6 is 0 Å². The van der Waals surface area contributed by atoms with Gasteiger partial charge < -0.3 is 19.5 Å². The van der Waals surface area contributed by atoms with E-state index in [2.05, 4.69) is 5.32 Å². The van der Waals surface area contributed by atoms with E-state index in [0.29, 0.717) is 11.8 Å². The molecule has 0 aromatic heterocycles. The number of benzene rings is 2. The SMILES string of the molecule is COc1ccc(Oc2cc(C(F)(F)F)ccc2C(=O)NC2C=CC=C(S(N)(=O)=O)C2)c(OC)c1. The molecule has 0 bridgehead atoms. The molecule has 0 fully saturated rings. The number of hydrogen-bond acceptors (Lipinski definition) is 6. The van der Waals surface area contributed by atoms with E-state index in [1.54, 1.807) is 0 Å². The van der Waals surface area contributed by atoms with Crippen LogP contribution in [0.25, 0.3) is 0 Å². The highest BCUT2D eigenvalue weighted by Crippen LogP contribution is 2.39. The fourth-order valence-electron chi connectivity index (χ4n) is 3.15. The smallest absolute Gasteiger partial charge is 0.416 e. The average Bonchev–Trinajstić information content (AvgIpc) is 2.78. The van der Waals surface area contributed by atoms with Crippen molar-refractivity contribution in [2.24, 2.45) is 5.14 Å². The Bertz CT molecular complexity index is 1260. The second-order valence-corrected chi connectivity index (χ2v) is 8.79. The quantitative estimate of drug-likeness (QED) is 0.601. The molecule has 1 atom stereocenters. The number of nitrogens with two attached hydrogens (primary N) is 1. The van der Waals surface area contributed by atoms with Crippen molar-refractivity contribution in [2.75, 3.05) is 14.2 Å². The fourth-order valence-corrected chi connectivity index (χ4v) is 3.83. The average molecular weight is 498 g/mol. The summed E-state index contributed by atoms with van der Waals surface area (Å²) in [5, 5.41) is 7.71. The number of carbonyl (C=O) groups is 1. The summed E-state index contributed by atoms with van der Waals surface area (Å²) >= 11 is 0. The van der Waals surface area contributed by atoms with Crippen molar-refractivity contribution >= 4 is 15.9 Å². The van der Waals surface area contributed by atoms with E-state index >= 15 is 0 Å². The van der Waals surface area contributed by atoms with E-state index in [4.69, 9.17) is 19.3 Å². The molecule has 2 aromatic rings. The summed E-state index contributed by atoms with van der Waals surface area (Å²) in [6, 6.07) is 6.08. The van der Waals surface area contributed by atoms with Gasteiger partial charge in [0.15, 0.2) is 11.5 Å². The van der Waals surface area contributed by atoms with Crippen LogP contribution in [0.15, 0.2) is 59.5 Å². The third-order valence-corrected chi connectivity index (χ3v) is 5.91. The summed E-state index contributed by atoms with van der Waals surface area (Å²) < 4.78 is 79.2. The molecule has 1 amide bonds. The molecule has 182 valence electrons. The zero-order valence-electron chi connectivity index (χ0n) is 18.0. The van der Waals surface area contributed by atoms with Crippen LogP contribution in [0.4, 0.5) is 13.2 Å². The molecule has 8 nitrogen and oxygen atoms in total. The van der Waals surface area contributed by atoms with Gasteiger partial charge in [0.1, 0.15) is 11.5 Å². The lowest BCUT2D eigenvalue weighted by Crippen LogP contribution is -2.36. The van der Waals surface area contributed by atoms with E-state index in [1.807, 2.05) is 0 Å². The highest BCUT2D eigenvalue weighted by Gasteiger charge is 2.32. The number of sulfonamides is 1. The number of methoxy groups -OCH3 is 2. The van der Waals surface area contributed by atoms with Crippen molar-refractivity contribution in [3.63, 3.8) is 0 Å². The van der Waals surface area contributed by atoms with Gasteiger partial charge in [0.2, 0.25) is 10.0 Å². The Kier molecular flexibility index (Phi) is 7.22. The Balaban J connectivity index is 1.94. The highest BCUT2D eigenvalue weighted by atomic mass is 32.2. The van der Waals surface area contributed by atoms with E-state index in [1.165, 1.54) is 50.6 Å². The van der Waals surface area contributed by atoms with Gasteiger partial charge in [-0.3, -0.25) is 4.79 Å². The minimum atomic E-state index is -4.68. The zero-order chi connectivity index (χ0) is 25.1. The van der Waals surface area contributed by atoms with Gasteiger partial charge in [-0.05, 0) is 36.4 Å². The van der Waals surface area contributed by atoms with Crippen molar-refractivity contribution in [1.82, 2.24) is 5.32 Å². The second-order valence-electron chi connectivity index (χ2n) is 7.17. The highest BCUT2D eigenvalue weighted by molar-refractivity contribution is 7.93. The zero-order valence-corrected chi connectivity index (χ0v) is 18.9. The van der Waals surface area contributed by atoms with Gasteiger partial charge in [0.25, 0.3) is 5.91 Å². The van der Waals surface area contributed by atoms with Crippen LogP contribution in [0.1, 0.15) is 22.3 Å². The van der Waals surface area contributed by atoms with Crippen LogP contribution in [-0.4, -0.2) is 34.6 Å². The summed E-state index contributed by atoms with van der Waals surface area (Å²) in [6.45, 7) is 0. The molecule has 34 heavy (non-hydrogen) atoms. The topological polar surface area (TPSA) is 117 Å². The molecule has 3 N–H and O–H groups in total. The predicted octanol–water partition coefficient (Wildman–Crippen LogP) is 3.75. The monoisotopic (exact) mass is 498 g/mol. The van der Waals surface area contributed by atoms with Crippen LogP contribution < -0.4 is 24.7 Å². The fraction of sp³-hybridized carbons (Fsp3) is 0.227. The Hall–Kier alpha value is -3.51. The van der Waals surface area contributed by atoms with Crippen LogP contribution in [0.3, 0.4) is 0 Å². The summed E-state index contributed by atoms with van der Waals surface area (Å²) in [5.74, 6) is -0.511. The number of halogens is 3. The number of amides is 1. The Morgan fingerprint density at radius 2 is 1.79 bits per heavy atom. The lowest BCUT2D eigenvalue weighted by molar-refractivity contribution is -0.137. The van der Waals surface area contributed by atoms with Crippen LogP contribution in [-0.2, 0) is 16.2 Å². The summed E-state index contributed by atoms with van der Waals surface area (Å²) in [7, 11) is -1.19. The molecule has 0 radical (unpaired) electrons. The largest absolute Gasteiger partial charge is 0.497 e. The van der Waals surface area contributed by atoms with Crippen molar-refractivity contribution in [1.29, 1.82) is 0 Å². The minimum absolute atomic E-state index is 0.0497. The number of alkyl halides is 3. The van der Waals surface area contributed by atoms with Crippen molar-refractivity contribution in [3.05, 3.63) is 70.7 Å². The van der Waals surface area contributed by atoms with E-state index < -0.39 is 33.7 Å². The first-order chi connectivity index (χ1) is 15.9. The van der Waals surface area contributed by atoms with E-state index in [9.17, 15) is 26.4 Å². The molecule has 0 heterocycles. The molecule has 1 aliphatic rings. The summed E-state index contributed by atoms with van der Waals surface area (Å²) in [5.41, 5.74) is -1.23. The van der Waals surface area contributed by atoms with Gasteiger partial charge in [-0.2, -0.15) is 13.2 Å². The van der Waals surface area contributed by atoms with Crippen molar-refractivity contribution in [2.45, 2.75) is 18.6 Å². The number of allylic oxidation sites excluding steroid dienone is 2. The van der Waals surface area contributed by atoms with Crippen LogP contribution in [0.2, 0.25) is 0 Å². The molecule has 3 rings (SSSR count). The summed E-state index contributed by atoms with van der Waals surface area (Å²) in [4.78, 5) is 12.8. The maximum absolute atomic E-state index is 13.3.